The fourth-order valence-electron chi connectivity index (χ4n) is 9.24. The van der Waals surface area contributed by atoms with Crippen LogP contribution in [0.15, 0.2) is 0 Å². The Hall–Kier alpha value is -0.410. The second-order valence-corrected chi connectivity index (χ2v) is 12.5. The number of aliphatic hydroxyl groups is 1. The van der Waals surface area contributed by atoms with Crippen LogP contribution in [0.5, 0.6) is 0 Å². The van der Waals surface area contributed by atoms with E-state index in [1.165, 1.54) is 70.9 Å². The van der Waals surface area contributed by atoms with E-state index in [1.807, 2.05) is 0 Å². The van der Waals surface area contributed by atoms with E-state index >= 15 is 0 Å². The van der Waals surface area contributed by atoms with Gasteiger partial charge in [0.05, 0.1) is 5.60 Å². The van der Waals surface area contributed by atoms with Crippen molar-refractivity contribution in [2.75, 3.05) is 19.6 Å². The lowest BCUT2D eigenvalue weighted by Crippen LogP contribution is -2.51. The minimum Gasteiger partial charge on any atom is -0.390 e. The van der Waals surface area contributed by atoms with Crippen molar-refractivity contribution in [1.82, 2.24) is 4.90 Å². The highest BCUT2D eigenvalue weighted by Gasteiger charge is 2.58. The van der Waals surface area contributed by atoms with Crippen LogP contribution in [0.1, 0.15) is 97.3 Å². The number of piperidine rings is 1. The van der Waals surface area contributed by atoms with E-state index in [-0.39, 0.29) is 5.41 Å². The zero-order chi connectivity index (χ0) is 20.9. The van der Waals surface area contributed by atoms with Gasteiger partial charge in [0, 0.05) is 18.9 Å². The summed E-state index contributed by atoms with van der Waals surface area (Å²) in [6.45, 7) is 7.98. The molecule has 1 N–H and O–H groups in total. The first-order valence-corrected chi connectivity index (χ1v) is 13.3. The van der Waals surface area contributed by atoms with E-state index in [1.54, 1.807) is 0 Å². The average molecular weight is 416 g/mol. The van der Waals surface area contributed by atoms with E-state index in [9.17, 15) is 9.90 Å². The van der Waals surface area contributed by atoms with E-state index in [4.69, 9.17) is 0 Å². The van der Waals surface area contributed by atoms with Gasteiger partial charge in [-0.15, -0.1) is 0 Å². The average Bonchev–Trinajstić information content (AvgIpc) is 3.09. The first kappa shape index (κ1) is 21.4. The van der Waals surface area contributed by atoms with Crippen LogP contribution in [0.25, 0.3) is 0 Å². The molecule has 0 spiro atoms. The zero-order valence-electron chi connectivity index (χ0n) is 19.6. The van der Waals surface area contributed by atoms with E-state index < -0.39 is 5.60 Å². The fraction of sp³-hybridized carbons (Fsp3) is 0.963. The number of rotatable bonds is 4. The molecule has 30 heavy (non-hydrogen) atoms. The normalized spacial score (nSPS) is 49.2. The molecule has 0 radical (unpaired) electrons. The summed E-state index contributed by atoms with van der Waals surface area (Å²) in [5.74, 6) is 5.03. The molecular weight excluding hydrogens is 370 g/mol. The van der Waals surface area contributed by atoms with Crippen molar-refractivity contribution >= 4 is 5.78 Å². The van der Waals surface area contributed by atoms with Crippen molar-refractivity contribution in [2.45, 2.75) is 103 Å². The summed E-state index contributed by atoms with van der Waals surface area (Å²) in [6, 6.07) is 0. The molecule has 0 amide bonds. The van der Waals surface area contributed by atoms with E-state index in [2.05, 4.69) is 18.7 Å². The van der Waals surface area contributed by atoms with Crippen LogP contribution < -0.4 is 0 Å². The topological polar surface area (TPSA) is 40.5 Å². The number of hydrogen-bond donors (Lipinski definition) is 1. The van der Waals surface area contributed by atoms with Gasteiger partial charge in [-0.25, -0.2) is 0 Å². The number of Topliss-reactive ketones (excluding diaryl/α,β-unsaturated/α-hetero) is 1. The van der Waals surface area contributed by atoms with E-state index in [0.29, 0.717) is 11.7 Å². The molecular formula is C27H45NO2. The Balaban J connectivity index is 1.23. The van der Waals surface area contributed by atoms with Crippen LogP contribution in [-0.2, 0) is 4.79 Å². The van der Waals surface area contributed by atoms with Gasteiger partial charge in [0.2, 0.25) is 0 Å². The molecule has 5 fully saturated rings. The van der Waals surface area contributed by atoms with Crippen molar-refractivity contribution < 1.29 is 9.90 Å². The third-order valence-corrected chi connectivity index (χ3v) is 10.7. The number of hydrogen-bond acceptors (Lipinski definition) is 3. The third kappa shape index (κ3) is 3.81. The van der Waals surface area contributed by atoms with Crippen LogP contribution in [0, 0.1) is 40.9 Å². The van der Waals surface area contributed by atoms with Crippen LogP contribution in [-0.4, -0.2) is 41.0 Å². The molecule has 5 rings (SSSR count). The van der Waals surface area contributed by atoms with Crippen LogP contribution in [0.3, 0.4) is 0 Å². The molecule has 0 aromatic carbocycles. The van der Waals surface area contributed by atoms with Gasteiger partial charge in [-0.05, 0) is 126 Å². The SMILES string of the molecule is C[C@@]1(O)CC[C@H]2[C@H](CC[C@@H]3[C@@H]2CC[C@]2(C)[C@@H](C(=O)CCN4CCCCC4)CC[C@@H]32)C1. The van der Waals surface area contributed by atoms with Crippen molar-refractivity contribution in [2.24, 2.45) is 40.9 Å². The molecule has 0 bridgehead atoms. The molecule has 1 heterocycles. The van der Waals surface area contributed by atoms with Gasteiger partial charge in [-0.3, -0.25) is 4.79 Å². The summed E-state index contributed by atoms with van der Waals surface area (Å²) in [5, 5.41) is 10.6. The molecule has 4 saturated carbocycles. The van der Waals surface area contributed by atoms with Gasteiger partial charge in [0.25, 0.3) is 0 Å². The first-order valence-electron chi connectivity index (χ1n) is 13.3. The van der Waals surface area contributed by atoms with Gasteiger partial charge >= 0.3 is 0 Å². The smallest absolute Gasteiger partial charge is 0.137 e. The van der Waals surface area contributed by atoms with Crippen molar-refractivity contribution in [3.05, 3.63) is 0 Å². The lowest BCUT2D eigenvalue weighted by Gasteiger charge is -2.56. The maximum atomic E-state index is 13.4. The third-order valence-electron chi connectivity index (χ3n) is 10.7. The zero-order valence-corrected chi connectivity index (χ0v) is 19.6. The molecule has 8 atom stereocenters. The van der Waals surface area contributed by atoms with Gasteiger partial charge < -0.3 is 10.0 Å². The van der Waals surface area contributed by atoms with Crippen LogP contribution in [0.4, 0.5) is 0 Å². The Kier molecular flexibility index (Phi) is 5.84. The van der Waals surface area contributed by atoms with Gasteiger partial charge in [0.15, 0.2) is 0 Å². The van der Waals surface area contributed by atoms with Crippen molar-refractivity contribution in [3.8, 4) is 0 Å². The fourth-order valence-corrected chi connectivity index (χ4v) is 9.24. The first-order chi connectivity index (χ1) is 14.4. The maximum Gasteiger partial charge on any atom is 0.137 e. The molecule has 1 saturated heterocycles. The predicted octanol–water partition coefficient (Wildman–Crippen LogP) is 5.45. The Labute approximate surface area is 184 Å². The molecule has 3 nitrogen and oxygen atoms in total. The number of carbonyl (C=O) groups excluding carboxylic acids is 1. The molecule has 1 aliphatic heterocycles. The van der Waals surface area contributed by atoms with Crippen LogP contribution in [0.2, 0.25) is 0 Å². The summed E-state index contributed by atoms with van der Waals surface area (Å²) in [7, 11) is 0. The molecule has 170 valence electrons. The quantitative estimate of drug-likeness (QED) is 0.663. The lowest BCUT2D eigenvalue weighted by molar-refractivity contribution is -0.132. The molecule has 3 heteroatoms. The highest BCUT2D eigenvalue weighted by atomic mass is 16.3. The summed E-state index contributed by atoms with van der Waals surface area (Å²) >= 11 is 0. The van der Waals surface area contributed by atoms with Gasteiger partial charge in [-0.1, -0.05) is 13.3 Å². The molecule has 4 aliphatic carbocycles. The Morgan fingerprint density at radius 2 is 1.67 bits per heavy atom. The number of carbonyl (C=O) groups is 1. The molecule has 5 aliphatic rings. The van der Waals surface area contributed by atoms with Crippen molar-refractivity contribution in [1.29, 1.82) is 0 Å². The number of ketones is 1. The van der Waals surface area contributed by atoms with E-state index in [0.717, 1.165) is 61.8 Å². The standard InChI is InChI=1S/C27H45NO2/c1-26(30)13-10-20-19(18-26)6-7-22-21(20)11-14-27(2)23(22)8-9-24(27)25(29)12-17-28-15-4-3-5-16-28/h19-24,30H,3-18H2,1-2H3/t19-,20+,21-,22-,23+,24-,26-,27+/m1/s1. The highest BCUT2D eigenvalue weighted by Crippen LogP contribution is 2.64. The number of fused-ring (bicyclic) bond motifs is 5. The van der Waals surface area contributed by atoms with Crippen LogP contribution >= 0.6 is 0 Å². The second kappa shape index (κ2) is 8.18. The lowest BCUT2D eigenvalue weighted by atomic mass is 9.49. The summed E-state index contributed by atoms with van der Waals surface area (Å²) in [5.41, 5.74) is -0.149. The van der Waals surface area contributed by atoms with Gasteiger partial charge in [-0.2, -0.15) is 0 Å². The monoisotopic (exact) mass is 415 g/mol. The van der Waals surface area contributed by atoms with Crippen molar-refractivity contribution in [3.63, 3.8) is 0 Å². The molecule has 0 aromatic heterocycles. The highest BCUT2D eigenvalue weighted by molar-refractivity contribution is 5.82. The minimum atomic E-state index is -0.420. The Morgan fingerprint density at radius 3 is 2.47 bits per heavy atom. The largest absolute Gasteiger partial charge is 0.390 e. The summed E-state index contributed by atoms with van der Waals surface area (Å²) in [6.07, 6.45) is 15.8. The maximum absolute atomic E-state index is 13.4. The Bertz CT molecular complexity index is 639. The predicted molar refractivity (Wildman–Crippen MR) is 121 cm³/mol. The molecule has 0 unspecified atom stereocenters. The Morgan fingerprint density at radius 1 is 0.900 bits per heavy atom. The minimum absolute atomic E-state index is 0.271. The summed E-state index contributed by atoms with van der Waals surface area (Å²) in [4.78, 5) is 15.9. The summed E-state index contributed by atoms with van der Waals surface area (Å²) < 4.78 is 0. The van der Waals surface area contributed by atoms with Gasteiger partial charge in [0.1, 0.15) is 5.78 Å². The number of nitrogens with zero attached hydrogens (tertiary/aromatic N) is 1. The molecule has 0 aromatic rings. The second-order valence-electron chi connectivity index (χ2n) is 12.5. The number of likely N-dealkylation sites (tertiary alicyclic amines) is 1.